The summed E-state index contributed by atoms with van der Waals surface area (Å²) in [7, 11) is 2.92. The Labute approximate surface area is 177 Å². The van der Waals surface area contributed by atoms with Crippen molar-refractivity contribution in [2.45, 2.75) is 20.4 Å². The Bertz CT molecular complexity index is 1130. The van der Waals surface area contributed by atoms with E-state index in [1.54, 1.807) is 13.1 Å². The van der Waals surface area contributed by atoms with Crippen LogP contribution in [-0.4, -0.2) is 42.5 Å². The van der Waals surface area contributed by atoms with Gasteiger partial charge in [-0.05, 0) is 43.2 Å². The molecule has 0 aliphatic carbocycles. The number of hydrogen-bond acceptors (Lipinski definition) is 7. The van der Waals surface area contributed by atoms with Crippen molar-refractivity contribution in [3.63, 3.8) is 0 Å². The summed E-state index contributed by atoms with van der Waals surface area (Å²) in [4.78, 5) is 31.4. The van der Waals surface area contributed by atoms with Crippen LogP contribution in [-0.2, 0) is 16.1 Å². The molecule has 2 N–H and O–H groups in total. The van der Waals surface area contributed by atoms with E-state index >= 15 is 0 Å². The largest absolute Gasteiger partial charge is 0.494 e. The van der Waals surface area contributed by atoms with Crippen LogP contribution in [0.25, 0.3) is 10.2 Å². The van der Waals surface area contributed by atoms with Gasteiger partial charge in [0.2, 0.25) is 0 Å². The highest BCUT2D eigenvalue weighted by Crippen LogP contribution is 2.35. The number of anilines is 1. The highest BCUT2D eigenvalue weighted by molar-refractivity contribution is 7.21. The lowest BCUT2D eigenvalue weighted by Gasteiger charge is -2.17. The molecular weight excluding hydrogens is 409 g/mol. The molecule has 1 amide bonds. The van der Waals surface area contributed by atoms with E-state index in [9.17, 15) is 14.0 Å². The second-order valence-electron chi connectivity index (χ2n) is 6.90. The van der Waals surface area contributed by atoms with Crippen LogP contribution in [0.2, 0.25) is 0 Å². The number of likely N-dealkylation sites (N-methyl/N-ethyl adjacent to an activating group) is 1. The molecule has 7 nitrogen and oxygen atoms in total. The Balaban J connectivity index is 1.65. The van der Waals surface area contributed by atoms with Gasteiger partial charge in [0.05, 0.1) is 12.8 Å². The molecule has 0 aliphatic heterocycles. The van der Waals surface area contributed by atoms with Gasteiger partial charge in [0, 0.05) is 24.7 Å². The minimum Gasteiger partial charge on any atom is -0.494 e. The van der Waals surface area contributed by atoms with Gasteiger partial charge in [-0.1, -0.05) is 6.07 Å². The van der Waals surface area contributed by atoms with Crippen LogP contribution < -0.4 is 10.5 Å². The quantitative estimate of drug-likeness (QED) is 0.601. The molecule has 30 heavy (non-hydrogen) atoms. The summed E-state index contributed by atoms with van der Waals surface area (Å²) in [6.45, 7) is 3.47. The van der Waals surface area contributed by atoms with Gasteiger partial charge >= 0.3 is 5.97 Å². The Kier molecular flexibility index (Phi) is 6.21. The Morgan fingerprint density at radius 3 is 2.67 bits per heavy atom. The van der Waals surface area contributed by atoms with Crippen molar-refractivity contribution in [1.82, 2.24) is 9.88 Å². The van der Waals surface area contributed by atoms with Crippen molar-refractivity contribution in [3.05, 3.63) is 51.8 Å². The van der Waals surface area contributed by atoms with Crippen LogP contribution in [0, 0.1) is 19.7 Å². The van der Waals surface area contributed by atoms with Crippen LogP contribution in [0.5, 0.6) is 5.75 Å². The SMILES string of the molecule is COc1ccc(CN(C)C(=O)COC(=O)c2sc3nc(C)cc(C)c3c2N)cc1F. The monoisotopic (exact) mass is 431 g/mol. The number of amides is 1. The Morgan fingerprint density at radius 2 is 2.00 bits per heavy atom. The summed E-state index contributed by atoms with van der Waals surface area (Å²) in [6.07, 6.45) is 0. The number of aromatic nitrogens is 1. The molecule has 158 valence electrons. The number of esters is 1. The number of methoxy groups -OCH3 is 1. The van der Waals surface area contributed by atoms with E-state index in [4.69, 9.17) is 15.2 Å². The predicted molar refractivity (Wildman–Crippen MR) is 113 cm³/mol. The number of nitrogen functional groups attached to an aromatic ring is 1. The molecule has 0 bridgehead atoms. The van der Waals surface area contributed by atoms with E-state index in [0.29, 0.717) is 16.1 Å². The average molecular weight is 431 g/mol. The summed E-state index contributed by atoms with van der Waals surface area (Å²) in [5.74, 6) is -1.49. The van der Waals surface area contributed by atoms with Crippen LogP contribution in [0.1, 0.15) is 26.5 Å². The molecule has 0 saturated heterocycles. The van der Waals surface area contributed by atoms with Crippen LogP contribution in [0.3, 0.4) is 0 Å². The first kappa shape index (κ1) is 21.5. The number of benzene rings is 1. The Morgan fingerprint density at radius 1 is 1.27 bits per heavy atom. The lowest BCUT2D eigenvalue weighted by molar-refractivity contribution is -0.133. The van der Waals surface area contributed by atoms with Gasteiger partial charge in [-0.15, -0.1) is 11.3 Å². The zero-order valence-corrected chi connectivity index (χ0v) is 17.9. The number of nitrogens with zero attached hydrogens (tertiary/aromatic N) is 2. The van der Waals surface area contributed by atoms with Crippen molar-refractivity contribution >= 4 is 39.1 Å². The highest BCUT2D eigenvalue weighted by atomic mass is 32.1. The van der Waals surface area contributed by atoms with Crippen molar-refractivity contribution in [1.29, 1.82) is 0 Å². The number of halogens is 1. The summed E-state index contributed by atoms with van der Waals surface area (Å²) in [5, 5.41) is 0.725. The fourth-order valence-corrected chi connectivity index (χ4v) is 4.20. The molecule has 0 fully saturated rings. The average Bonchev–Trinajstić information content (AvgIpc) is 3.02. The fourth-order valence-electron chi connectivity index (χ4n) is 3.09. The molecule has 0 aliphatic rings. The van der Waals surface area contributed by atoms with Gasteiger partial charge in [-0.25, -0.2) is 14.2 Å². The Hall–Kier alpha value is -3.20. The predicted octanol–water partition coefficient (Wildman–Crippen LogP) is 3.46. The minimum absolute atomic E-state index is 0.127. The molecule has 9 heteroatoms. The first-order chi connectivity index (χ1) is 14.2. The second kappa shape index (κ2) is 8.66. The number of carbonyl (C=O) groups excluding carboxylic acids is 2. The number of pyridine rings is 1. The van der Waals surface area contributed by atoms with Gasteiger partial charge in [0.15, 0.2) is 18.2 Å². The van der Waals surface area contributed by atoms with E-state index in [0.717, 1.165) is 28.0 Å². The number of fused-ring (bicyclic) bond motifs is 1. The van der Waals surface area contributed by atoms with Crippen LogP contribution in [0.15, 0.2) is 24.3 Å². The molecule has 0 unspecified atom stereocenters. The van der Waals surface area contributed by atoms with E-state index in [1.807, 2.05) is 19.9 Å². The number of carbonyl (C=O) groups is 2. The lowest BCUT2D eigenvalue weighted by atomic mass is 10.1. The molecule has 3 rings (SSSR count). The third-order valence-electron chi connectivity index (χ3n) is 4.60. The van der Waals surface area contributed by atoms with Gasteiger partial charge in [0.1, 0.15) is 9.71 Å². The van der Waals surface area contributed by atoms with Crippen LogP contribution in [0.4, 0.5) is 10.1 Å². The van der Waals surface area contributed by atoms with Crippen molar-refractivity contribution in [2.24, 2.45) is 0 Å². The van der Waals surface area contributed by atoms with Gasteiger partial charge in [0.25, 0.3) is 5.91 Å². The van der Waals surface area contributed by atoms with Crippen molar-refractivity contribution in [3.8, 4) is 5.75 Å². The first-order valence-electron chi connectivity index (χ1n) is 9.11. The van der Waals surface area contributed by atoms with E-state index in [-0.39, 0.29) is 17.2 Å². The molecule has 0 atom stereocenters. The summed E-state index contributed by atoms with van der Waals surface area (Å²) >= 11 is 1.14. The molecule has 0 saturated carbocycles. The normalized spacial score (nSPS) is 10.8. The van der Waals surface area contributed by atoms with E-state index < -0.39 is 24.3 Å². The fraction of sp³-hybridized carbons (Fsp3) is 0.286. The zero-order chi connectivity index (χ0) is 22.0. The molecule has 3 aromatic rings. The third-order valence-corrected chi connectivity index (χ3v) is 5.68. The number of aryl methyl sites for hydroxylation is 2. The summed E-state index contributed by atoms with van der Waals surface area (Å²) in [6, 6.07) is 6.34. The minimum atomic E-state index is -0.676. The molecular formula is C21H22FN3O4S. The van der Waals surface area contributed by atoms with Gasteiger partial charge < -0.3 is 20.1 Å². The molecule has 0 radical (unpaired) electrons. The van der Waals surface area contributed by atoms with Crippen LogP contribution >= 0.6 is 11.3 Å². The second-order valence-corrected chi connectivity index (χ2v) is 7.90. The van der Waals surface area contributed by atoms with Gasteiger partial charge in [-0.2, -0.15) is 0 Å². The maximum Gasteiger partial charge on any atom is 0.351 e. The molecule has 2 heterocycles. The van der Waals surface area contributed by atoms with E-state index in [2.05, 4.69) is 4.98 Å². The zero-order valence-electron chi connectivity index (χ0n) is 17.1. The highest BCUT2D eigenvalue weighted by Gasteiger charge is 2.22. The number of ether oxygens (including phenoxy) is 2. The number of thiophene rings is 1. The molecule has 2 aromatic heterocycles. The lowest BCUT2D eigenvalue weighted by Crippen LogP contribution is -2.30. The molecule has 0 spiro atoms. The van der Waals surface area contributed by atoms with Crippen molar-refractivity contribution < 1.29 is 23.5 Å². The first-order valence-corrected chi connectivity index (χ1v) is 9.92. The standard InChI is InChI=1S/C21H22FN3O4S/c1-11-7-12(2)24-20-17(11)18(23)19(30-20)21(27)29-10-16(26)25(3)9-13-5-6-15(28-4)14(22)8-13/h5-8H,9-10,23H2,1-4H3. The van der Waals surface area contributed by atoms with Gasteiger partial charge in [-0.3, -0.25) is 4.79 Å². The molecule has 1 aromatic carbocycles. The van der Waals surface area contributed by atoms with E-state index in [1.165, 1.54) is 24.1 Å². The number of hydrogen-bond donors (Lipinski definition) is 1. The topological polar surface area (TPSA) is 94.7 Å². The number of rotatable bonds is 6. The maximum absolute atomic E-state index is 13.8. The van der Waals surface area contributed by atoms with Crippen molar-refractivity contribution in [2.75, 3.05) is 26.5 Å². The summed E-state index contributed by atoms with van der Waals surface area (Å²) < 4.78 is 23.9. The number of nitrogens with two attached hydrogens (primary N) is 1. The third kappa shape index (κ3) is 4.35. The maximum atomic E-state index is 13.8. The summed E-state index contributed by atoms with van der Waals surface area (Å²) in [5.41, 5.74) is 8.77. The smallest absolute Gasteiger partial charge is 0.351 e.